The molecule has 13 heteroatoms. The molecular weight excluding hydrogens is 531 g/mol. The Morgan fingerprint density at radius 3 is 2.30 bits per heavy atom. The molecule has 1 saturated heterocycles. The van der Waals surface area contributed by atoms with Gasteiger partial charge in [0.2, 0.25) is 0 Å². The summed E-state index contributed by atoms with van der Waals surface area (Å²) in [5.74, 6) is -2.03. The van der Waals surface area contributed by atoms with E-state index in [4.69, 9.17) is 16.4 Å². The second kappa shape index (κ2) is 10.5. The highest BCUT2D eigenvalue weighted by molar-refractivity contribution is 6.30. The second-order valence-electron chi connectivity index (χ2n) is 8.69. The van der Waals surface area contributed by atoms with Gasteiger partial charge in [0, 0.05) is 24.2 Å². The SMILES string of the molecule is CC/C(=N\OC(C)(c1cc(C(F)(F)F)cc(Cl)c1F)C(F)(F)F)c1ccc(C(=O)NC2CNC2)c(C)c1. The van der Waals surface area contributed by atoms with E-state index in [2.05, 4.69) is 15.8 Å². The molecule has 0 bridgehead atoms. The summed E-state index contributed by atoms with van der Waals surface area (Å²) in [6, 6.07) is 4.65. The van der Waals surface area contributed by atoms with E-state index in [9.17, 15) is 35.5 Å². The first kappa shape index (κ1) is 28.7. The molecule has 2 aromatic rings. The van der Waals surface area contributed by atoms with Gasteiger partial charge in [-0.2, -0.15) is 26.3 Å². The second-order valence-corrected chi connectivity index (χ2v) is 9.10. The number of amides is 1. The van der Waals surface area contributed by atoms with Crippen LogP contribution in [-0.2, 0) is 16.6 Å². The summed E-state index contributed by atoms with van der Waals surface area (Å²) < 4.78 is 96.6. The van der Waals surface area contributed by atoms with E-state index in [1.807, 2.05) is 0 Å². The number of alkyl halides is 6. The van der Waals surface area contributed by atoms with Crippen molar-refractivity contribution >= 4 is 23.2 Å². The van der Waals surface area contributed by atoms with Gasteiger partial charge in [-0.05, 0) is 55.7 Å². The number of rotatable bonds is 7. The number of nitrogens with one attached hydrogen (secondary N) is 2. The zero-order chi connectivity index (χ0) is 27.8. The average Bonchev–Trinajstić information content (AvgIpc) is 2.76. The first-order valence-electron chi connectivity index (χ1n) is 11.1. The van der Waals surface area contributed by atoms with Crippen molar-refractivity contribution < 1.29 is 40.4 Å². The van der Waals surface area contributed by atoms with Gasteiger partial charge < -0.3 is 15.5 Å². The zero-order valence-corrected chi connectivity index (χ0v) is 20.6. The Morgan fingerprint density at radius 1 is 1.16 bits per heavy atom. The molecule has 5 nitrogen and oxygen atoms in total. The molecule has 3 rings (SSSR count). The Hall–Kier alpha value is -2.86. The Morgan fingerprint density at radius 2 is 1.81 bits per heavy atom. The molecule has 1 atom stereocenters. The largest absolute Gasteiger partial charge is 0.435 e. The van der Waals surface area contributed by atoms with Crippen LogP contribution in [0.3, 0.4) is 0 Å². The number of hydrogen-bond acceptors (Lipinski definition) is 4. The summed E-state index contributed by atoms with van der Waals surface area (Å²) in [5, 5.41) is 8.28. The van der Waals surface area contributed by atoms with Crippen molar-refractivity contribution in [3.8, 4) is 0 Å². The molecule has 1 aliphatic heterocycles. The first-order valence-corrected chi connectivity index (χ1v) is 11.5. The number of carbonyl (C=O) groups excluding carboxylic acids is 1. The maximum atomic E-state index is 14.6. The van der Waals surface area contributed by atoms with Crippen molar-refractivity contribution in [2.45, 2.75) is 51.2 Å². The van der Waals surface area contributed by atoms with E-state index in [-0.39, 0.29) is 36.2 Å². The molecule has 1 fully saturated rings. The van der Waals surface area contributed by atoms with Crippen molar-refractivity contribution in [3.05, 3.63) is 69.0 Å². The highest BCUT2D eigenvalue weighted by atomic mass is 35.5. The number of hydrogen-bond donors (Lipinski definition) is 2. The Bertz CT molecular complexity index is 1210. The lowest BCUT2D eigenvalue weighted by Crippen LogP contribution is -2.57. The van der Waals surface area contributed by atoms with Gasteiger partial charge in [-0.25, -0.2) is 4.39 Å². The summed E-state index contributed by atoms with van der Waals surface area (Å²) >= 11 is 5.50. The topological polar surface area (TPSA) is 62.7 Å². The number of carbonyl (C=O) groups is 1. The van der Waals surface area contributed by atoms with E-state index < -0.39 is 39.9 Å². The van der Waals surface area contributed by atoms with Crippen LogP contribution in [0.15, 0.2) is 35.5 Å². The quantitative estimate of drug-likeness (QED) is 0.247. The molecule has 1 unspecified atom stereocenters. The summed E-state index contributed by atoms with van der Waals surface area (Å²) in [6.45, 7) is 4.84. The van der Waals surface area contributed by atoms with Gasteiger partial charge >= 0.3 is 12.4 Å². The fraction of sp³-hybridized carbons (Fsp3) is 0.417. The van der Waals surface area contributed by atoms with Gasteiger partial charge in [0.1, 0.15) is 5.82 Å². The van der Waals surface area contributed by atoms with Crippen molar-refractivity contribution in [2.24, 2.45) is 5.16 Å². The van der Waals surface area contributed by atoms with Crippen LogP contribution >= 0.6 is 11.6 Å². The molecule has 1 amide bonds. The zero-order valence-electron chi connectivity index (χ0n) is 19.9. The first-order chi connectivity index (χ1) is 17.1. The number of halogens is 8. The Labute approximate surface area is 213 Å². The fourth-order valence-corrected chi connectivity index (χ4v) is 3.79. The minimum absolute atomic E-state index is 0.00228. The molecule has 0 saturated carbocycles. The van der Waals surface area contributed by atoms with Crippen LogP contribution in [-0.4, -0.2) is 36.9 Å². The molecule has 1 heterocycles. The minimum Gasteiger partial charge on any atom is -0.374 e. The normalized spacial score (nSPS) is 16.7. The van der Waals surface area contributed by atoms with Crippen molar-refractivity contribution in [2.75, 3.05) is 13.1 Å². The summed E-state index contributed by atoms with van der Waals surface area (Å²) in [5.41, 5.74) is -5.47. The van der Waals surface area contributed by atoms with Crippen molar-refractivity contribution in [1.82, 2.24) is 10.6 Å². The lowest BCUT2D eigenvalue weighted by Gasteiger charge is -2.31. The summed E-state index contributed by atoms with van der Waals surface area (Å²) in [7, 11) is 0. The highest BCUT2D eigenvalue weighted by Gasteiger charge is 2.58. The van der Waals surface area contributed by atoms with E-state index in [0.29, 0.717) is 36.7 Å². The third-order valence-electron chi connectivity index (χ3n) is 6.00. The summed E-state index contributed by atoms with van der Waals surface area (Å²) in [4.78, 5) is 17.3. The van der Waals surface area contributed by atoms with E-state index >= 15 is 0 Å². The molecule has 2 N–H and O–H groups in total. The molecule has 1 aliphatic rings. The number of benzene rings is 2. The van der Waals surface area contributed by atoms with Gasteiger partial charge in [0.25, 0.3) is 11.5 Å². The number of nitrogens with zero attached hydrogens (tertiary/aromatic N) is 1. The van der Waals surface area contributed by atoms with Crippen LogP contribution in [0.5, 0.6) is 0 Å². The molecule has 0 radical (unpaired) electrons. The minimum atomic E-state index is -5.38. The Balaban J connectivity index is 1.98. The lowest BCUT2D eigenvalue weighted by atomic mass is 9.92. The number of oxime groups is 1. The van der Waals surface area contributed by atoms with Crippen LogP contribution in [0.25, 0.3) is 0 Å². The third-order valence-corrected chi connectivity index (χ3v) is 6.28. The molecule has 37 heavy (non-hydrogen) atoms. The van der Waals surface area contributed by atoms with Crippen molar-refractivity contribution in [1.29, 1.82) is 0 Å². The predicted molar refractivity (Wildman–Crippen MR) is 123 cm³/mol. The van der Waals surface area contributed by atoms with Crippen LogP contribution in [0.2, 0.25) is 5.02 Å². The average molecular weight is 554 g/mol. The smallest absolute Gasteiger partial charge is 0.374 e. The molecule has 0 spiro atoms. The van der Waals surface area contributed by atoms with E-state index in [1.54, 1.807) is 13.8 Å². The fourth-order valence-electron chi connectivity index (χ4n) is 3.57. The van der Waals surface area contributed by atoms with E-state index in [1.165, 1.54) is 18.2 Å². The standard InChI is InChI=1S/C24H23ClF7N3O2/c1-4-19(13-5-6-16(12(2)7-13)21(36)34-15-10-33-11-15)35-37-22(3,24(30,31)32)17-8-14(23(27,28)29)9-18(25)20(17)26/h5-9,15,33H,4,10-11H2,1-3H3,(H,34,36)/b35-19+. The molecule has 0 aliphatic carbocycles. The monoisotopic (exact) mass is 553 g/mol. The van der Waals surface area contributed by atoms with Crippen LogP contribution in [0.1, 0.15) is 52.9 Å². The predicted octanol–water partition coefficient (Wildman–Crippen LogP) is 6.12. The van der Waals surface area contributed by atoms with Gasteiger partial charge in [-0.1, -0.05) is 29.7 Å². The molecular formula is C24H23ClF7N3O2. The van der Waals surface area contributed by atoms with Gasteiger partial charge in [0.15, 0.2) is 0 Å². The van der Waals surface area contributed by atoms with E-state index in [0.717, 1.165) is 0 Å². The van der Waals surface area contributed by atoms with Crippen LogP contribution < -0.4 is 10.6 Å². The van der Waals surface area contributed by atoms with Crippen LogP contribution in [0.4, 0.5) is 30.7 Å². The third kappa shape index (κ3) is 6.01. The Kier molecular flexibility index (Phi) is 8.13. The molecule has 0 aromatic heterocycles. The maximum Gasteiger partial charge on any atom is 0.435 e. The van der Waals surface area contributed by atoms with Gasteiger partial charge in [0.05, 0.1) is 22.3 Å². The van der Waals surface area contributed by atoms with Crippen LogP contribution in [0, 0.1) is 12.7 Å². The van der Waals surface area contributed by atoms with Crippen molar-refractivity contribution in [3.63, 3.8) is 0 Å². The molecule has 2 aromatic carbocycles. The van der Waals surface area contributed by atoms with Gasteiger partial charge in [-0.15, -0.1) is 0 Å². The summed E-state index contributed by atoms with van der Waals surface area (Å²) in [6.07, 6.45) is -10.4. The highest BCUT2D eigenvalue weighted by Crippen LogP contribution is 2.46. The molecule has 202 valence electrons. The number of aryl methyl sites for hydroxylation is 1. The van der Waals surface area contributed by atoms with Gasteiger partial charge in [-0.3, -0.25) is 4.79 Å². The maximum absolute atomic E-state index is 14.6. The lowest BCUT2D eigenvalue weighted by molar-refractivity contribution is -0.279.